The Morgan fingerprint density at radius 3 is 3.00 bits per heavy atom. The fourth-order valence-corrected chi connectivity index (χ4v) is 2.36. The lowest BCUT2D eigenvalue weighted by molar-refractivity contribution is 0.0951. The summed E-state index contributed by atoms with van der Waals surface area (Å²) in [6, 6.07) is 3.38. The van der Waals surface area contributed by atoms with Gasteiger partial charge >= 0.3 is 0 Å². The SMILES string of the molecule is O=C(NC1C[C@@H]1F)c1cnc(-c2cccnc2)s1. The summed E-state index contributed by atoms with van der Waals surface area (Å²) in [5.41, 5.74) is 0.872. The topological polar surface area (TPSA) is 54.9 Å². The number of amides is 1. The van der Waals surface area contributed by atoms with Gasteiger partial charge in [-0.25, -0.2) is 9.37 Å². The van der Waals surface area contributed by atoms with Crippen molar-refractivity contribution in [2.75, 3.05) is 0 Å². The summed E-state index contributed by atoms with van der Waals surface area (Å²) in [6.45, 7) is 0. The Morgan fingerprint density at radius 1 is 1.50 bits per heavy atom. The van der Waals surface area contributed by atoms with E-state index in [0.29, 0.717) is 11.3 Å². The van der Waals surface area contributed by atoms with Crippen LogP contribution < -0.4 is 5.32 Å². The first-order chi connectivity index (χ1) is 8.74. The predicted molar refractivity (Wildman–Crippen MR) is 66.1 cm³/mol. The van der Waals surface area contributed by atoms with Crippen LogP contribution in [0.3, 0.4) is 0 Å². The zero-order valence-electron chi connectivity index (χ0n) is 9.34. The molecule has 6 heteroatoms. The van der Waals surface area contributed by atoms with E-state index in [-0.39, 0.29) is 11.9 Å². The smallest absolute Gasteiger partial charge is 0.263 e. The van der Waals surface area contributed by atoms with Crippen molar-refractivity contribution in [3.8, 4) is 10.6 Å². The molecule has 3 rings (SSSR count). The summed E-state index contributed by atoms with van der Waals surface area (Å²) >= 11 is 1.28. The molecular weight excluding hydrogens is 253 g/mol. The molecule has 1 fully saturated rings. The number of carbonyl (C=O) groups is 1. The Hall–Kier alpha value is -1.82. The lowest BCUT2D eigenvalue weighted by Gasteiger charge is -1.98. The van der Waals surface area contributed by atoms with Gasteiger partial charge in [-0.3, -0.25) is 9.78 Å². The van der Waals surface area contributed by atoms with E-state index < -0.39 is 6.17 Å². The van der Waals surface area contributed by atoms with Crippen LogP contribution in [0.4, 0.5) is 4.39 Å². The zero-order chi connectivity index (χ0) is 12.5. The first-order valence-electron chi connectivity index (χ1n) is 5.55. The molecule has 1 amide bonds. The Bertz CT molecular complexity index is 572. The largest absolute Gasteiger partial charge is 0.346 e. The number of nitrogens with zero attached hydrogens (tertiary/aromatic N) is 2. The van der Waals surface area contributed by atoms with E-state index in [0.717, 1.165) is 10.6 Å². The number of carbonyl (C=O) groups excluding carboxylic acids is 1. The second kappa shape index (κ2) is 4.45. The van der Waals surface area contributed by atoms with Gasteiger partial charge in [0.2, 0.25) is 0 Å². The number of thiazole rings is 1. The molecule has 92 valence electrons. The molecule has 18 heavy (non-hydrogen) atoms. The van der Waals surface area contributed by atoms with E-state index in [1.54, 1.807) is 12.4 Å². The third kappa shape index (κ3) is 2.24. The van der Waals surface area contributed by atoms with Gasteiger partial charge in [-0.15, -0.1) is 11.3 Å². The molecule has 0 aromatic carbocycles. The van der Waals surface area contributed by atoms with Crippen LogP contribution in [0.15, 0.2) is 30.7 Å². The molecular formula is C12H10FN3OS. The quantitative estimate of drug-likeness (QED) is 0.922. The molecule has 2 heterocycles. The molecule has 0 aliphatic heterocycles. The lowest BCUT2D eigenvalue weighted by atomic mass is 10.3. The van der Waals surface area contributed by atoms with E-state index in [1.807, 2.05) is 12.1 Å². The number of halogens is 1. The number of hydrogen-bond donors (Lipinski definition) is 1. The van der Waals surface area contributed by atoms with Crippen LogP contribution in [0.1, 0.15) is 16.1 Å². The highest BCUT2D eigenvalue weighted by molar-refractivity contribution is 7.16. The molecule has 0 radical (unpaired) electrons. The van der Waals surface area contributed by atoms with Gasteiger partial charge in [0.15, 0.2) is 0 Å². The summed E-state index contributed by atoms with van der Waals surface area (Å²) in [7, 11) is 0. The van der Waals surface area contributed by atoms with E-state index in [1.165, 1.54) is 17.5 Å². The highest BCUT2D eigenvalue weighted by Gasteiger charge is 2.39. The Morgan fingerprint density at radius 2 is 2.33 bits per heavy atom. The lowest BCUT2D eigenvalue weighted by Crippen LogP contribution is -2.26. The van der Waals surface area contributed by atoms with Crippen LogP contribution in [-0.4, -0.2) is 28.1 Å². The average Bonchev–Trinajstić information content (AvgIpc) is 2.92. The molecule has 2 atom stereocenters. The van der Waals surface area contributed by atoms with Gasteiger partial charge in [0.1, 0.15) is 16.1 Å². The molecule has 2 aromatic heterocycles. The average molecular weight is 263 g/mol. The molecule has 4 nitrogen and oxygen atoms in total. The third-order valence-corrected chi connectivity index (χ3v) is 3.71. The number of nitrogens with one attached hydrogen (secondary N) is 1. The van der Waals surface area contributed by atoms with Gasteiger partial charge in [0.05, 0.1) is 12.2 Å². The number of rotatable bonds is 3. The molecule has 0 spiro atoms. The standard InChI is InChI=1S/C12H10FN3OS/c13-8-4-9(8)16-11(17)10-6-15-12(18-10)7-2-1-3-14-5-7/h1-3,5-6,8-9H,4H2,(H,16,17)/t8-,9?/m0/s1. The fourth-order valence-electron chi connectivity index (χ4n) is 1.55. The second-order valence-electron chi connectivity index (χ2n) is 4.10. The number of hydrogen-bond acceptors (Lipinski definition) is 4. The second-order valence-corrected chi connectivity index (χ2v) is 5.13. The van der Waals surface area contributed by atoms with E-state index >= 15 is 0 Å². The third-order valence-electron chi connectivity index (χ3n) is 2.67. The van der Waals surface area contributed by atoms with Crippen molar-refractivity contribution < 1.29 is 9.18 Å². The summed E-state index contributed by atoms with van der Waals surface area (Å²) in [5, 5.41) is 3.36. The first-order valence-corrected chi connectivity index (χ1v) is 6.37. The maximum atomic E-state index is 12.7. The van der Waals surface area contributed by atoms with Crippen LogP contribution in [0.25, 0.3) is 10.6 Å². The van der Waals surface area contributed by atoms with Crippen molar-refractivity contribution in [3.05, 3.63) is 35.6 Å². The van der Waals surface area contributed by atoms with Gasteiger partial charge in [-0.05, 0) is 12.1 Å². The zero-order valence-corrected chi connectivity index (χ0v) is 10.2. The highest BCUT2D eigenvalue weighted by atomic mass is 32.1. The number of alkyl halides is 1. The summed E-state index contributed by atoms with van der Waals surface area (Å²) in [5.74, 6) is -0.257. The van der Waals surface area contributed by atoms with Crippen LogP contribution in [0.2, 0.25) is 0 Å². The Labute approximate surface area is 107 Å². The van der Waals surface area contributed by atoms with Crippen molar-refractivity contribution in [3.63, 3.8) is 0 Å². The van der Waals surface area contributed by atoms with Gasteiger partial charge in [0.25, 0.3) is 5.91 Å². The van der Waals surface area contributed by atoms with Crippen molar-refractivity contribution in [1.82, 2.24) is 15.3 Å². The van der Waals surface area contributed by atoms with E-state index in [9.17, 15) is 9.18 Å². The number of aromatic nitrogens is 2. The maximum absolute atomic E-state index is 12.7. The van der Waals surface area contributed by atoms with E-state index in [4.69, 9.17) is 0 Å². The molecule has 1 aliphatic rings. The summed E-state index contributed by atoms with van der Waals surface area (Å²) < 4.78 is 12.7. The molecule has 1 saturated carbocycles. The van der Waals surface area contributed by atoms with Gasteiger partial charge < -0.3 is 5.32 Å². The monoisotopic (exact) mass is 263 g/mol. The van der Waals surface area contributed by atoms with Gasteiger partial charge in [0, 0.05) is 24.4 Å². The van der Waals surface area contributed by atoms with Gasteiger partial charge in [-0.1, -0.05) is 0 Å². The van der Waals surface area contributed by atoms with Crippen LogP contribution >= 0.6 is 11.3 Å². The van der Waals surface area contributed by atoms with Crippen molar-refractivity contribution >= 4 is 17.2 Å². The Balaban J connectivity index is 1.75. The minimum absolute atomic E-state index is 0.257. The van der Waals surface area contributed by atoms with Crippen LogP contribution in [0, 0.1) is 0 Å². The molecule has 2 aromatic rings. The van der Waals surface area contributed by atoms with E-state index in [2.05, 4.69) is 15.3 Å². The van der Waals surface area contributed by atoms with Crippen LogP contribution in [0.5, 0.6) is 0 Å². The van der Waals surface area contributed by atoms with Crippen molar-refractivity contribution in [2.45, 2.75) is 18.6 Å². The normalized spacial score (nSPS) is 21.6. The van der Waals surface area contributed by atoms with Gasteiger partial charge in [-0.2, -0.15) is 0 Å². The number of pyridine rings is 1. The summed E-state index contributed by atoms with van der Waals surface area (Å²) in [6.07, 6.45) is 4.41. The maximum Gasteiger partial charge on any atom is 0.263 e. The van der Waals surface area contributed by atoms with Crippen LogP contribution in [-0.2, 0) is 0 Å². The predicted octanol–water partition coefficient (Wildman–Crippen LogP) is 2.05. The molecule has 1 unspecified atom stereocenters. The minimum Gasteiger partial charge on any atom is -0.346 e. The minimum atomic E-state index is -0.889. The molecule has 0 bridgehead atoms. The highest BCUT2D eigenvalue weighted by Crippen LogP contribution is 2.27. The first kappa shape index (κ1) is 11.3. The summed E-state index contributed by atoms with van der Waals surface area (Å²) in [4.78, 5) is 20.4. The molecule has 0 saturated heterocycles. The van der Waals surface area contributed by atoms with Crippen molar-refractivity contribution in [2.24, 2.45) is 0 Å². The van der Waals surface area contributed by atoms with Crippen molar-refractivity contribution in [1.29, 1.82) is 0 Å². The Kier molecular flexibility index (Phi) is 2.79. The fraction of sp³-hybridized carbons (Fsp3) is 0.250. The molecule has 1 N–H and O–H groups in total. The molecule has 1 aliphatic carbocycles.